The third-order valence-electron chi connectivity index (χ3n) is 4.45. The molecule has 3 heterocycles. The van der Waals surface area contributed by atoms with Crippen LogP contribution in [0.25, 0.3) is 0 Å². The Hall–Kier alpha value is -1.31. The molecular formula is C16H26N4O2S. The average Bonchev–Trinajstić information content (AvgIpc) is 3.08. The van der Waals surface area contributed by atoms with E-state index in [-0.39, 0.29) is 12.0 Å². The minimum atomic E-state index is -0.167. The fourth-order valence-corrected chi connectivity index (χ4v) is 3.67. The molecule has 0 radical (unpaired) electrons. The van der Waals surface area contributed by atoms with Crippen molar-refractivity contribution in [2.24, 2.45) is 10.4 Å². The van der Waals surface area contributed by atoms with Crippen molar-refractivity contribution in [1.82, 2.24) is 10.2 Å². The van der Waals surface area contributed by atoms with Crippen molar-refractivity contribution >= 4 is 22.3 Å². The molecule has 1 aromatic rings. The molecule has 7 heteroatoms. The summed E-state index contributed by atoms with van der Waals surface area (Å²) >= 11 is 1.80. The highest BCUT2D eigenvalue weighted by Crippen LogP contribution is 2.27. The average molecular weight is 338 g/mol. The summed E-state index contributed by atoms with van der Waals surface area (Å²) in [5, 5.41) is 16.4. The topological polar surface area (TPSA) is 60.3 Å². The van der Waals surface area contributed by atoms with Crippen LogP contribution in [0.4, 0.5) is 5.00 Å². The normalized spacial score (nSPS) is 21.2. The molecule has 2 saturated heterocycles. The summed E-state index contributed by atoms with van der Waals surface area (Å²) in [6.45, 7) is 8.88. The molecule has 3 rings (SSSR count). The third kappa shape index (κ3) is 3.79. The van der Waals surface area contributed by atoms with Crippen LogP contribution in [-0.2, 0) is 4.74 Å². The lowest BCUT2D eigenvalue weighted by Gasteiger charge is -2.40. The first kappa shape index (κ1) is 16.5. The van der Waals surface area contributed by atoms with E-state index in [4.69, 9.17) is 9.73 Å². The molecular weight excluding hydrogens is 312 g/mol. The maximum Gasteiger partial charge on any atom is 0.194 e. The smallest absolute Gasteiger partial charge is 0.194 e. The number of anilines is 1. The minimum Gasteiger partial charge on any atom is -0.396 e. The highest BCUT2D eigenvalue weighted by Gasteiger charge is 2.38. The first-order chi connectivity index (χ1) is 11.3. The fourth-order valence-electron chi connectivity index (χ4n) is 2.88. The van der Waals surface area contributed by atoms with Gasteiger partial charge in [0.2, 0.25) is 0 Å². The first-order valence-corrected chi connectivity index (χ1v) is 9.15. The van der Waals surface area contributed by atoms with Gasteiger partial charge in [0.1, 0.15) is 0 Å². The van der Waals surface area contributed by atoms with Crippen LogP contribution in [0.3, 0.4) is 0 Å². The quantitative estimate of drug-likeness (QED) is 0.616. The van der Waals surface area contributed by atoms with Gasteiger partial charge in [-0.1, -0.05) is 0 Å². The van der Waals surface area contributed by atoms with Crippen molar-refractivity contribution in [2.45, 2.75) is 6.92 Å². The predicted molar refractivity (Wildman–Crippen MR) is 94.4 cm³/mol. The van der Waals surface area contributed by atoms with Gasteiger partial charge in [-0.2, -0.15) is 0 Å². The van der Waals surface area contributed by atoms with Crippen molar-refractivity contribution < 1.29 is 9.84 Å². The van der Waals surface area contributed by atoms with Crippen molar-refractivity contribution in [3.8, 4) is 0 Å². The van der Waals surface area contributed by atoms with Crippen molar-refractivity contribution in [3.05, 3.63) is 17.5 Å². The monoisotopic (exact) mass is 338 g/mol. The SMILES string of the molecule is CCNC(=NCC1(CO)COC1)N1CCN(c2cccs2)CC1. The lowest BCUT2D eigenvalue weighted by molar-refractivity contribution is -0.130. The molecule has 1 aromatic heterocycles. The van der Waals surface area contributed by atoms with Gasteiger partial charge in [0.05, 0.1) is 36.8 Å². The Bertz CT molecular complexity index is 503. The second-order valence-electron chi connectivity index (χ2n) is 6.25. The zero-order chi connectivity index (χ0) is 16.1. The second-order valence-corrected chi connectivity index (χ2v) is 7.17. The van der Waals surface area contributed by atoms with Crippen LogP contribution in [-0.4, -0.2) is 75.1 Å². The number of aliphatic imine (C=N–C) groups is 1. The van der Waals surface area contributed by atoms with E-state index >= 15 is 0 Å². The van der Waals surface area contributed by atoms with E-state index in [1.54, 1.807) is 11.3 Å². The number of rotatable bonds is 5. The van der Waals surface area contributed by atoms with E-state index in [0.29, 0.717) is 19.8 Å². The Kier molecular flexibility index (Phi) is 5.40. The number of thiophene rings is 1. The lowest BCUT2D eigenvalue weighted by Crippen LogP contribution is -2.53. The number of hydrogen-bond donors (Lipinski definition) is 2. The molecule has 0 aliphatic carbocycles. The van der Waals surface area contributed by atoms with Crippen LogP contribution in [0.5, 0.6) is 0 Å². The number of piperazine rings is 1. The molecule has 0 atom stereocenters. The number of aliphatic hydroxyl groups excluding tert-OH is 1. The molecule has 2 aliphatic rings. The number of aliphatic hydroxyl groups is 1. The Balaban J connectivity index is 1.58. The van der Waals surface area contributed by atoms with Crippen LogP contribution < -0.4 is 10.2 Å². The molecule has 0 amide bonds. The van der Waals surface area contributed by atoms with Gasteiger partial charge >= 0.3 is 0 Å². The number of nitrogens with zero attached hydrogens (tertiary/aromatic N) is 3. The van der Waals surface area contributed by atoms with Gasteiger partial charge in [-0.15, -0.1) is 11.3 Å². The maximum absolute atomic E-state index is 9.54. The highest BCUT2D eigenvalue weighted by molar-refractivity contribution is 7.14. The third-order valence-corrected chi connectivity index (χ3v) is 5.38. The molecule has 2 fully saturated rings. The van der Waals surface area contributed by atoms with Crippen molar-refractivity contribution in [2.75, 3.05) is 64.0 Å². The Labute approximate surface area is 141 Å². The first-order valence-electron chi connectivity index (χ1n) is 8.27. The van der Waals surface area contributed by atoms with Gasteiger partial charge in [0, 0.05) is 32.7 Å². The van der Waals surface area contributed by atoms with Crippen LogP contribution in [0.1, 0.15) is 6.92 Å². The number of hydrogen-bond acceptors (Lipinski definition) is 5. The van der Waals surface area contributed by atoms with Crippen molar-refractivity contribution in [3.63, 3.8) is 0 Å². The van der Waals surface area contributed by atoms with Gasteiger partial charge in [0.25, 0.3) is 0 Å². The summed E-state index contributed by atoms with van der Waals surface area (Å²) < 4.78 is 5.25. The van der Waals surface area contributed by atoms with E-state index in [1.165, 1.54) is 5.00 Å². The maximum atomic E-state index is 9.54. The highest BCUT2D eigenvalue weighted by atomic mass is 32.1. The Morgan fingerprint density at radius 2 is 2.17 bits per heavy atom. The molecule has 2 N–H and O–H groups in total. The molecule has 0 saturated carbocycles. The number of nitrogens with one attached hydrogen (secondary N) is 1. The van der Waals surface area contributed by atoms with Crippen LogP contribution in [0.2, 0.25) is 0 Å². The molecule has 0 bridgehead atoms. The number of ether oxygens (including phenoxy) is 1. The molecule has 23 heavy (non-hydrogen) atoms. The van der Waals surface area contributed by atoms with Crippen LogP contribution in [0.15, 0.2) is 22.5 Å². The summed E-state index contributed by atoms with van der Waals surface area (Å²) in [4.78, 5) is 9.51. The van der Waals surface area contributed by atoms with Gasteiger partial charge in [-0.25, -0.2) is 0 Å². The minimum absolute atomic E-state index is 0.141. The molecule has 0 aromatic carbocycles. The van der Waals surface area contributed by atoms with Crippen LogP contribution >= 0.6 is 11.3 Å². The fraction of sp³-hybridized carbons (Fsp3) is 0.688. The largest absolute Gasteiger partial charge is 0.396 e. The van der Waals surface area contributed by atoms with Crippen molar-refractivity contribution in [1.29, 1.82) is 0 Å². The molecule has 0 spiro atoms. The number of guanidine groups is 1. The summed E-state index contributed by atoms with van der Waals surface area (Å²) in [7, 11) is 0. The standard InChI is InChI=1S/C16H26N4O2S/c1-2-17-15(18-10-16(11-21)12-22-13-16)20-7-5-19(6-8-20)14-4-3-9-23-14/h3-4,9,21H,2,5-8,10-13H2,1H3,(H,17,18). The predicted octanol–water partition coefficient (Wildman–Crippen LogP) is 0.845. The Morgan fingerprint density at radius 3 is 2.70 bits per heavy atom. The van der Waals surface area contributed by atoms with E-state index in [1.807, 2.05) is 0 Å². The van der Waals surface area contributed by atoms with Gasteiger partial charge in [0.15, 0.2) is 5.96 Å². The van der Waals surface area contributed by atoms with Gasteiger partial charge in [-0.3, -0.25) is 4.99 Å². The molecule has 0 unspecified atom stereocenters. The molecule has 6 nitrogen and oxygen atoms in total. The van der Waals surface area contributed by atoms with E-state index < -0.39 is 0 Å². The summed E-state index contributed by atoms with van der Waals surface area (Å²) in [5.41, 5.74) is -0.167. The zero-order valence-electron chi connectivity index (χ0n) is 13.7. The van der Waals surface area contributed by atoms with Crippen LogP contribution in [0, 0.1) is 5.41 Å². The van der Waals surface area contributed by atoms with Gasteiger partial charge in [-0.05, 0) is 24.4 Å². The van der Waals surface area contributed by atoms with E-state index in [9.17, 15) is 5.11 Å². The summed E-state index contributed by atoms with van der Waals surface area (Å²) in [6, 6.07) is 4.29. The second kappa shape index (κ2) is 7.51. The Morgan fingerprint density at radius 1 is 1.39 bits per heavy atom. The molecule has 2 aliphatic heterocycles. The van der Waals surface area contributed by atoms with E-state index in [2.05, 4.69) is 39.6 Å². The van der Waals surface area contributed by atoms with E-state index in [0.717, 1.165) is 38.7 Å². The van der Waals surface area contributed by atoms with Gasteiger partial charge < -0.3 is 25.0 Å². The zero-order valence-corrected chi connectivity index (χ0v) is 14.5. The lowest BCUT2D eigenvalue weighted by atomic mass is 9.87. The summed E-state index contributed by atoms with van der Waals surface area (Å²) in [5.74, 6) is 0.957. The molecule has 128 valence electrons. The summed E-state index contributed by atoms with van der Waals surface area (Å²) in [6.07, 6.45) is 0.